The number of rotatable bonds is 7. The molecule has 1 saturated carbocycles. The highest BCUT2D eigenvalue weighted by Gasteiger charge is 2.46. The van der Waals surface area contributed by atoms with Crippen LogP contribution in [-0.4, -0.2) is 52.9 Å². The third kappa shape index (κ3) is 5.16. The van der Waals surface area contributed by atoms with Crippen LogP contribution in [0.1, 0.15) is 56.1 Å². The maximum Gasteiger partial charge on any atom is 0.253 e. The van der Waals surface area contributed by atoms with Gasteiger partial charge in [-0.15, -0.1) is 0 Å². The number of benzene rings is 1. The van der Waals surface area contributed by atoms with E-state index in [0.29, 0.717) is 12.5 Å². The fourth-order valence-corrected chi connectivity index (χ4v) is 5.61. The van der Waals surface area contributed by atoms with E-state index >= 15 is 0 Å². The molecule has 2 fully saturated rings. The molecular formula is C24H34N4O2S. The molecule has 0 unspecified atom stereocenters. The largest absolute Gasteiger partial charge is 0.395 e. The maximum absolute atomic E-state index is 12.8. The molecule has 1 amide bonds. The van der Waals surface area contributed by atoms with E-state index < -0.39 is 5.54 Å². The highest BCUT2D eigenvalue weighted by atomic mass is 32.2. The second-order valence-electron chi connectivity index (χ2n) is 8.84. The van der Waals surface area contributed by atoms with Crippen molar-refractivity contribution >= 4 is 35.5 Å². The zero-order chi connectivity index (χ0) is 21.7. The van der Waals surface area contributed by atoms with Crippen molar-refractivity contribution in [3.05, 3.63) is 34.7 Å². The molecule has 3 N–H and O–H groups in total. The number of amidine groups is 1. The van der Waals surface area contributed by atoms with Gasteiger partial charge in [-0.1, -0.05) is 43.3 Å². The van der Waals surface area contributed by atoms with E-state index in [2.05, 4.69) is 39.4 Å². The second-order valence-corrected chi connectivity index (χ2v) is 9.84. The number of nitrogens with one attached hydrogen (secondary N) is 2. The number of aliphatic hydroxyl groups excluding tert-OH is 1. The molecular weight excluding hydrogens is 408 g/mol. The van der Waals surface area contributed by atoms with Gasteiger partial charge in [0.05, 0.1) is 6.61 Å². The summed E-state index contributed by atoms with van der Waals surface area (Å²) in [5.74, 6) is 1.54. The Morgan fingerprint density at radius 2 is 2.06 bits per heavy atom. The molecule has 31 heavy (non-hydrogen) atoms. The van der Waals surface area contributed by atoms with Gasteiger partial charge in [0.2, 0.25) is 0 Å². The molecule has 0 bridgehead atoms. The number of aliphatic imine (C=N–C) groups is 1. The summed E-state index contributed by atoms with van der Waals surface area (Å²) in [6, 6.07) is 6.16. The average molecular weight is 443 g/mol. The molecule has 2 aliphatic heterocycles. The molecule has 6 nitrogen and oxygen atoms in total. The predicted octanol–water partition coefficient (Wildman–Crippen LogP) is 3.96. The van der Waals surface area contributed by atoms with Crippen LogP contribution in [0.4, 0.5) is 5.69 Å². The fourth-order valence-electron chi connectivity index (χ4n) is 4.84. The lowest BCUT2D eigenvalue weighted by Crippen LogP contribution is -2.47. The molecule has 2 heterocycles. The number of carbonyl (C=O) groups excluding carboxylic acids is 1. The van der Waals surface area contributed by atoms with Crippen LogP contribution in [0.25, 0.3) is 6.08 Å². The van der Waals surface area contributed by atoms with Crippen molar-refractivity contribution in [2.45, 2.75) is 57.4 Å². The van der Waals surface area contributed by atoms with E-state index in [0.717, 1.165) is 55.9 Å². The number of aryl methyl sites for hydroxylation is 1. The van der Waals surface area contributed by atoms with Crippen LogP contribution in [0.5, 0.6) is 0 Å². The number of anilines is 1. The summed E-state index contributed by atoms with van der Waals surface area (Å²) >= 11 is 1.70. The Balaban J connectivity index is 1.34. The van der Waals surface area contributed by atoms with Gasteiger partial charge in [0.25, 0.3) is 5.91 Å². The Morgan fingerprint density at radius 1 is 1.29 bits per heavy atom. The van der Waals surface area contributed by atoms with Gasteiger partial charge in [0, 0.05) is 36.8 Å². The number of carbonyl (C=O) groups is 1. The summed E-state index contributed by atoms with van der Waals surface area (Å²) in [6.45, 7) is 4.46. The first-order chi connectivity index (χ1) is 15.1. The van der Waals surface area contributed by atoms with Crippen molar-refractivity contribution in [3.63, 3.8) is 0 Å². The average Bonchev–Trinajstić information content (AvgIpc) is 3.11. The van der Waals surface area contributed by atoms with Gasteiger partial charge in [0.1, 0.15) is 11.4 Å². The van der Waals surface area contributed by atoms with E-state index in [4.69, 9.17) is 10.1 Å². The minimum atomic E-state index is -0.537. The summed E-state index contributed by atoms with van der Waals surface area (Å²) in [5, 5.41) is 17.6. The molecule has 4 rings (SSSR count). The Hall–Kier alpha value is -1.83. The third-order valence-electron chi connectivity index (χ3n) is 6.74. The summed E-state index contributed by atoms with van der Waals surface area (Å²) < 4.78 is 2.32. The number of piperidine rings is 1. The normalized spacial score (nSPS) is 22.1. The summed E-state index contributed by atoms with van der Waals surface area (Å²) in [7, 11) is 0. The van der Waals surface area contributed by atoms with Gasteiger partial charge in [-0.2, -0.15) is 0 Å². The van der Waals surface area contributed by atoms with E-state index in [1.807, 2.05) is 12.1 Å². The van der Waals surface area contributed by atoms with Crippen LogP contribution in [-0.2, 0) is 4.79 Å². The minimum absolute atomic E-state index is 0.111. The predicted molar refractivity (Wildman–Crippen MR) is 129 cm³/mol. The standard InChI is InChI=1S/C24H34N4O2S/c1-18-6-5-9-21(25-13-16-29)20(18)10-17-31-28-14-11-24(12-15-28)23(30)26-22(27-24)19-7-3-2-4-8-19/h5-6,9-10,17,19,25,29H,2-4,7-8,11-16H2,1H3,(H,26,27,30)/b17-10+. The summed E-state index contributed by atoms with van der Waals surface area (Å²) in [5.41, 5.74) is 2.85. The van der Waals surface area contributed by atoms with Crippen molar-refractivity contribution < 1.29 is 9.90 Å². The van der Waals surface area contributed by atoms with Gasteiger partial charge in [-0.25, -0.2) is 4.31 Å². The SMILES string of the molecule is Cc1cccc(NCCO)c1/C=C/SN1CCC2(CC1)N=C(C1CCCCC1)NC2=O. The van der Waals surface area contributed by atoms with E-state index in [-0.39, 0.29) is 12.5 Å². The first-order valence-corrected chi connectivity index (χ1v) is 12.4. The number of aliphatic hydroxyl groups is 1. The molecule has 1 aromatic rings. The lowest BCUT2D eigenvalue weighted by molar-refractivity contribution is -0.124. The second kappa shape index (κ2) is 10.2. The van der Waals surface area contributed by atoms with Crippen LogP contribution < -0.4 is 10.6 Å². The quantitative estimate of drug-likeness (QED) is 0.557. The van der Waals surface area contributed by atoms with Crippen LogP contribution in [0, 0.1) is 12.8 Å². The Morgan fingerprint density at radius 3 is 2.81 bits per heavy atom. The molecule has 1 aromatic carbocycles. The Bertz CT molecular complexity index is 840. The molecule has 7 heteroatoms. The molecule has 0 aromatic heterocycles. The first-order valence-electron chi connectivity index (χ1n) is 11.6. The van der Waals surface area contributed by atoms with Crippen molar-refractivity contribution in [3.8, 4) is 0 Å². The Kier molecular flexibility index (Phi) is 7.35. The number of nitrogens with zero attached hydrogens (tertiary/aromatic N) is 2. The number of amides is 1. The smallest absolute Gasteiger partial charge is 0.253 e. The van der Waals surface area contributed by atoms with Crippen LogP contribution >= 0.6 is 11.9 Å². The third-order valence-corrected chi connectivity index (χ3v) is 7.66. The lowest BCUT2D eigenvalue weighted by atomic mass is 9.88. The van der Waals surface area contributed by atoms with Gasteiger partial charge >= 0.3 is 0 Å². The first kappa shape index (κ1) is 22.4. The number of hydrogen-bond donors (Lipinski definition) is 3. The number of hydrogen-bond acceptors (Lipinski definition) is 6. The molecule has 0 atom stereocenters. The van der Waals surface area contributed by atoms with Gasteiger partial charge in [-0.3, -0.25) is 9.79 Å². The highest BCUT2D eigenvalue weighted by Crippen LogP contribution is 2.36. The summed E-state index contributed by atoms with van der Waals surface area (Å²) in [4.78, 5) is 17.8. The minimum Gasteiger partial charge on any atom is -0.395 e. The zero-order valence-corrected chi connectivity index (χ0v) is 19.2. The van der Waals surface area contributed by atoms with E-state index in [1.54, 1.807) is 11.9 Å². The topological polar surface area (TPSA) is 77.0 Å². The fraction of sp³-hybridized carbons (Fsp3) is 0.583. The highest BCUT2D eigenvalue weighted by molar-refractivity contribution is 8.00. The summed E-state index contributed by atoms with van der Waals surface area (Å²) in [6.07, 6.45) is 9.83. The molecule has 1 spiro atoms. The van der Waals surface area contributed by atoms with Gasteiger partial charge in [-0.05, 0) is 55.7 Å². The van der Waals surface area contributed by atoms with Crippen LogP contribution in [0.2, 0.25) is 0 Å². The molecule has 3 aliphatic rings. The van der Waals surface area contributed by atoms with Crippen LogP contribution in [0.3, 0.4) is 0 Å². The monoisotopic (exact) mass is 442 g/mol. The molecule has 1 saturated heterocycles. The zero-order valence-electron chi connectivity index (χ0n) is 18.4. The Labute approximate surface area is 189 Å². The van der Waals surface area contributed by atoms with E-state index in [1.165, 1.54) is 24.8 Å². The lowest BCUT2D eigenvalue weighted by Gasteiger charge is -2.34. The van der Waals surface area contributed by atoms with Crippen molar-refractivity contribution in [2.75, 3.05) is 31.6 Å². The van der Waals surface area contributed by atoms with Crippen LogP contribution in [0.15, 0.2) is 28.6 Å². The molecule has 0 radical (unpaired) electrons. The molecule has 168 valence electrons. The van der Waals surface area contributed by atoms with Gasteiger partial charge < -0.3 is 15.7 Å². The van der Waals surface area contributed by atoms with Gasteiger partial charge in [0.15, 0.2) is 0 Å². The van der Waals surface area contributed by atoms with Crippen molar-refractivity contribution in [1.29, 1.82) is 0 Å². The maximum atomic E-state index is 12.8. The van der Waals surface area contributed by atoms with Crippen molar-refractivity contribution in [1.82, 2.24) is 9.62 Å². The molecule has 1 aliphatic carbocycles. The van der Waals surface area contributed by atoms with E-state index in [9.17, 15) is 4.79 Å². The van der Waals surface area contributed by atoms with Crippen molar-refractivity contribution in [2.24, 2.45) is 10.9 Å².